The molecule has 0 amide bonds. The monoisotopic (exact) mass is 173 g/mol. The van der Waals surface area contributed by atoms with Gasteiger partial charge in [0.25, 0.3) is 0 Å². The Labute approximate surface area is 60.0 Å². The molecule has 6 heavy (non-hydrogen) atoms. The molecular formula is C2H3F3Y-2. The van der Waals surface area contributed by atoms with Crippen molar-refractivity contribution in [2.24, 2.45) is 0 Å². The SMILES string of the molecule is F[C-](F)F.[CH3-].[Y]. The summed E-state index contributed by atoms with van der Waals surface area (Å²) in [5, 5.41) is 0. The molecule has 0 aromatic carbocycles. The predicted molar refractivity (Wildman–Crippen MR) is 13.0 cm³/mol. The van der Waals surface area contributed by atoms with Crippen LogP contribution in [0, 0.1) is 14.1 Å². The van der Waals surface area contributed by atoms with Crippen LogP contribution in [0.2, 0.25) is 0 Å². The van der Waals surface area contributed by atoms with Gasteiger partial charge in [-0.3, -0.25) is 0 Å². The van der Waals surface area contributed by atoms with Crippen molar-refractivity contribution < 1.29 is 45.9 Å². The summed E-state index contributed by atoms with van der Waals surface area (Å²) in [4.78, 5) is 0. The summed E-state index contributed by atoms with van der Waals surface area (Å²) in [6.45, 7) is -3.08. The molecule has 0 rings (SSSR count). The van der Waals surface area contributed by atoms with E-state index in [4.69, 9.17) is 0 Å². The normalized spacial score (nSPS) is 6.00. The van der Waals surface area contributed by atoms with Crippen molar-refractivity contribution in [1.29, 1.82) is 0 Å². The first kappa shape index (κ1) is 15.8. The Balaban J connectivity index is -0.0000000450. The van der Waals surface area contributed by atoms with Crippen molar-refractivity contribution in [1.82, 2.24) is 0 Å². The maximum atomic E-state index is 9.58. The van der Waals surface area contributed by atoms with Crippen molar-refractivity contribution >= 4 is 0 Å². The second kappa shape index (κ2) is 9.31. The molecule has 0 bridgehead atoms. The third-order valence-electron chi connectivity index (χ3n) is 0. The van der Waals surface area contributed by atoms with E-state index < -0.39 is 6.68 Å². The van der Waals surface area contributed by atoms with Gasteiger partial charge >= 0.3 is 0 Å². The van der Waals surface area contributed by atoms with Crippen molar-refractivity contribution in [3.63, 3.8) is 0 Å². The summed E-state index contributed by atoms with van der Waals surface area (Å²) in [5.74, 6) is 0. The van der Waals surface area contributed by atoms with Gasteiger partial charge in [0.15, 0.2) is 6.68 Å². The summed E-state index contributed by atoms with van der Waals surface area (Å²) < 4.78 is 28.8. The Bertz CT molecular complexity index is 13.5. The van der Waals surface area contributed by atoms with E-state index in [9.17, 15) is 13.2 Å². The van der Waals surface area contributed by atoms with Gasteiger partial charge in [0, 0.05) is 32.7 Å². The van der Waals surface area contributed by atoms with Crippen LogP contribution in [0.5, 0.6) is 0 Å². The van der Waals surface area contributed by atoms with Crippen LogP contribution in [0.1, 0.15) is 0 Å². The molecule has 4 heteroatoms. The second-order valence-electron chi connectivity index (χ2n) is 0.214. The van der Waals surface area contributed by atoms with Crippen molar-refractivity contribution in [3.8, 4) is 0 Å². The first-order valence-corrected chi connectivity index (χ1v) is 0.567. The summed E-state index contributed by atoms with van der Waals surface area (Å²) in [7, 11) is 0. The molecule has 0 unspecified atom stereocenters. The van der Waals surface area contributed by atoms with E-state index in [0.717, 1.165) is 0 Å². The van der Waals surface area contributed by atoms with Gasteiger partial charge in [0.2, 0.25) is 0 Å². The molecule has 0 aromatic rings. The van der Waals surface area contributed by atoms with Crippen LogP contribution in [0.4, 0.5) is 13.2 Å². The molecule has 0 saturated heterocycles. The molecule has 0 heterocycles. The largest absolute Gasteiger partial charge is 0.385 e. The van der Waals surface area contributed by atoms with Crippen LogP contribution < -0.4 is 0 Å². The van der Waals surface area contributed by atoms with Crippen molar-refractivity contribution in [3.05, 3.63) is 14.1 Å². The third kappa shape index (κ3) is 92.9. The number of rotatable bonds is 0. The van der Waals surface area contributed by atoms with E-state index in [2.05, 4.69) is 0 Å². The van der Waals surface area contributed by atoms with Gasteiger partial charge in [0.1, 0.15) is 0 Å². The summed E-state index contributed by atoms with van der Waals surface area (Å²) >= 11 is 0. The zero-order valence-corrected chi connectivity index (χ0v) is 6.05. The average molecular weight is 173 g/mol. The number of hydrogen-bond acceptors (Lipinski definition) is 0. The van der Waals surface area contributed by atoms with E-state index in [0.29, 0.717) is 0 Å². The van der Waals surface area contributed by atoms with Gasteiger partial charge in [-0.2, -0.15) is 0 Å². The molecule has 0 aliphatic carbocycles. The van der Waals surface area contributed by atoms with Gasteiger partial charge < -0.3 is 20.6 Å². The molecule has 1 radical (unpaired) electrons. The molecule has 0 nitrogen and oxygen atoms in total. The Morgan fingerprint density at radius 3 is 1.00 bits per heavy atom. The molecule has 0 N–H and O–H groups in total. The molecule has 0 aliphatic rings. The summed E-state index contributed by atoms with van der Waals surface area (Å²) in [6.07, 6.45) is 0. The van der Waals surface area contributed by atoms with Gasteiger partial charge in [-0.05, 0) is 0 Å². The Hall–Kier alpha value is 0.894. The smallest absolute Gasteiger partial charge is 0.154 e. The van der Waals surface area contributed by atoms with Crippen LogP contribution in [0.25, 0.3) is 0 Å². The van der Waals surface area contributed by atoms with Crippen molar-refractivity contribution in [2.75, 3.05) is 0 Å². The summed E-state index contributed by atoms with van der Waals surface area (Å²) in [6, 6.07) is 0. The molecule has 0 aromatic heterocycles. The van der Waals surface area contributed by atoms with E-state index in [1.54, 1.807) is 0 Å². The maximum Gasteiger partial charge on any atom is 0.154 e. The first-order valence-electron chi connectivity index (χ1n) is 0.567. The van der Waals surface area contributed by atoms with E-state index in [1.165, 1.54) is 0 Å². The van der Waals surface area contributed by atoms with Crippen LogP contribution in [0.15, 0.2) is 0 Å². The van der Waals surface area contributed by atoms with Gasteiger partial charge in [0.05, 0.1) is 0 Å². The quantitative estimate of drug-likeness (QED) is 0.489. The van der Waals surface area contributed by atoms with E-state index in [1.807, 2.05) is 0 Å². The fourth-order valence-electron chi connectivity index (χ4n) is 0. The Morgan fingerprint density at radius 1 is 1.00 bits per heavy atom. The Kier molecular flexibility index (Phi) is 24.5. The van der Waals surface area contributed by atoms with Crippen LogP contribution in [-0.2, 0) is 32.7 Å². The third-order valence-corrected chi connectivity index (χ3v) is 0. The minimum Gasteiger partial charge on any atom is -0.385 e. The Morgan fingerprint density at radius 2 is 1.00 bits per heavy atom. The van der Waals surface area contributed by atoms with Crippen molar-refractivity contribution in [2.45, 2.75) is 0 Å². The minimum atomic E-state index is -3.08. The van der Waals surface area contributed by atoms with E-state index in [-0.39, 0.29) is 40.1 Å². The maximum absolute atomic E-state index is 9.58. The zero-order valence-electron chi connectivity index (χ0n) is 3.21. The summed E-state index contributed by atoms with van der Waals surface area (Å²) in [5.41, 5.74) is 0. The molecular weight excluding hydrogens is 170 g/mol. The molecule has 0 atom stereocenters. The molecule has 0 aliphatic heterocycles. The number of halogens is 3. The van der Waals surface area contributed by atoms with Crippen LogP contribution in [-0.4, -0.2) is 0 Å². The van der Waals surface area contributed by atoms with Gasteiger partial charge in [-0.25, -0.2) is 0 Å². The van der Waals surface area contributed by atoms with Gasteiger partial charge in [-0.15, -0.1) is 0 Å². The average Bonchev–Trinajstić information content (AvgIpc) is 0.811. The van der Waals surface area contributed by atoms with E-state index >= 15 is 0 Å². The fourth-order valence-corrected chi connectivity index (χ4v) is 0. The first-order chi connectivity index (χ1) is 1.73. The molecule has 0 spiro atoms. The minimum absolute atomic E-state index is 0. The molecule has 37 valence electrons. The van der Waals surface area contributed by atoms with Crippen LogP contribution >= 0.6 is 0 Å². The molecule has 0 fully saturated rings. The van der Waals surface area contributed by atoms with Crippen LogP contribution in [0.3, 0.4) is 0 Å². The topological polar surface area (TPSA) is 0 Å². The zero-order chi connectivity index (χ0) is 3.58. The van der Waals surface area contributed by atoms with Gasteiger partial charge in [-0.1, -0.05) is 0 Å². The number of hydrogen-bond donors (Lipinski definition) is 0. The molecule has 0 saturated carbocycles. The standard InChI is InChI=1S/CF3.CH3.Y/c2-1(3)4;;/h;1H3;/q2*-1;. The fraction of sp³-hybridized carbons (Fsp3) is 0. The predicted octanol–water partition coefficient (Wildman–Crippen LogP) is 1.79. The second-order valence-corrected chi connectivity index (χ2v) is 0.214.